The van der Waals surface area contributed by atoms with Gasteiger partial charge in [0, 0.05) is 44.0 Å². The smallest absolute Gasteiger partial charge is 0.265 e. The highest BCUT2D eigenvalue weighted by Gasteiger charge is 2.28. The van der Waals surface area contributed by atoms with Gasteiger partial charge in [-0.25, -0.2) is 9.97 Å². The molecule has 0 fully saturated rings. The number of hydrogen-bond donors (Lipinski definition) is 3. The largest absolute Gasteiger partial charge is 0.493 e. The summed E-state index contributed by atoms with van der Waals surface area (Å²) in [7, 11) is 0. The lowest BCUT2D eigenvalue weighted by molar-refractivity contribution is -0.121. The van der Waals surface area contributed by atoms with Crippen LogP contribution < -0.4 is 25.7 Å². The van der Waals surface area contributed by atoms with E-state index in [4.69, 9.17) is 9.47 Å². The van der Waals surface area contributed by atoms with Gasteiger partial charge in [-0.3, -0.25) is 14.0 Å². The van der Waals surface area contributed by atoms with E-state index in [-0.39, 0.29) is 24.7 Å². The summed E-state index contributed by atoms with van der Waals surface area (Å²) >= 11 is 0. The molecule has 1 aromatic carbocycles. The van der Waals surface area contributed by atoms with Crippen molar-refractivity contribution in [1.29, 1.82) is 0 Å². The second-order valence-corrected chi connectivity index (χ2v) is 7.80. The van der Waals surface area contributed by atoms with Crippen molar-refractivity contribution in [2.75, 3.05) is 25.2 Å². The van der Waals surface area contributed by atoms with Gasteiger partial charge < -0.3 is 25.2 Å². The first-order chi connectivity index (χ1) is 17.1. The number of pyridine rings is 1. The first-order valence-corrected chi connectivity index (χ1v) is 11.0. The van der Waals surface area contributed by atoms with Crippen molar-refractivity contribution in [3.8, 4) is 17.4 Å². The highest BCUT2D eigenvalue weighted by Crippen LogP contribution is 2.38. The van der Waals surface area contributed by atoms with Crippen molar-refractivity contribution in [3.05, 3.63) is 82.5 Å². The Labute approximate surface area is 199 Å². The van der Waals surface area contributed by atoms with Crippen LogP contribution >= 0.6 is 0 Å². The minimum atomic E-state index is -0.771. The van der Waals surface area contributed by atoms with Crippen molar-refractivity contribution in [1.82, 2.24) is 24.7 Å². The van der Waals surface area contributed by atoms with Gasteiger partial charge in [0.2, 0.25) is 24.5 Å². The third-order valence-electron chi connectivity index (χ3n) is 5.58. The van der Waals surface area contributed by atoms with Gasteiger partial charge in [-0.1, -0.05) is 12.1 Å². The predicted octanol–water partition coefficient (Wildman–Crippen LogP) is 1.67. The van der Waals surface area contributed by atoms with Crippen molar-refractivity contribution in [3.63, 3.8) is 0 Å². The maximum absolute atomic E-state index is 13.3. The summed E-state index contributed by atoms with van der Waals surface area (Å²) in [5.74, 6) is 0.0456. The molecule has 1 aliphatic heterocycles. The number of nitrogens with zero attached hydrogens (tertiary/aromatic N) is 4. The summed E-state index contributed by atoms with van der Waals surface area (Å²) in [4.78, 5) is 38.6. The molecular formula is C24H22N6O5. The molecule has 0 aliphatic carbocycles. The summed E-state index contributed by atoms with van der Waals surface area (Å²) in [6.07, 6.45) is 4.71. The number of benzene rings is 1. The number of ether oxygens (including phenoxy) is 2. The molecule has 0 bridgehead atoms. The van der Waals surface area contributed by atoms with E-state index in [1.54, 1.807) is 61.1 Å². The molecule has 0 radical (unpaired) electrons. The van der Waals surface area contributed by atoms with Gasteiger partial charge in [-0.15, -0.1) is 0 Å². The molecule has 1 aliphatic rings. The lowest BCUT2D eigenvalue weighted by atomic mass is 9.89. The molecule has 1 unspecified atom stereocenters. The standard InChI is InChI=1S/C24H22N6O5/c31-20(25-9-10-28-24-26-7-3-8-27-24)13-16(15-5-6-17-18(12-15)35-14-34-17)21-22(32)29-19-4-1-2-11-30(19)23(21)33/h1-8,11-12,16,32H,9-10,13-14H2,(H,25,31)(H,26,27,28). The molecule has 1 amide bonds. The van der Waals surface area contributed by atoms with Crippen LogP contribution in [0.4, 0.5) is 5.95 Å². The fourth-order valence-corrected chi connectivity index (χ4v) is 3.94. The molecule has 3 aromatic heterocycles. The van der Waals surface area contributed by atoms with Crippen LogP contribution in [0.25, 0.3) is 5.65 Å². The number of anilines is 1. The molecule has 178 valence electrons. The Bertz CT molecular complexity index is 1430. The molecule has 0 saturated heterocycles. The second-order valence-electron chi connectivity index (χ2n) is 7.80. The summed E-state index contributed by atoms with van der Waals surface area (Å²) in [6.45, 7) is 0.815. The van der Waals surface area contributed by atoms with Crippen molar-refractivity contribution in [2.45, 2.75) is 12.3 Å². The number of aromatic nitrogens is 4. The first-order valence-electron chi connectivity index (χ1n) is 11.0. The predicted molar refractivity (Wildman–Crippen MR) is 126 cm³/mol. The van der Waals surface area contributed by atoms with Gasteiger partial charge in [0.1, 0.15) is 5.65 Å². The summed E-state index contributed by atoms with van der Waals surface area (Å²) in [5.41, 5.74) is 0.497. The monoisotopic (exact) mass is 474 g/mol. The Hall–Kier alpha value is -4.67. The molecule has 35 heavy (non-hydrogen) atoms. The molecule has 1 atom stereocenters. The molecule has 11 heteroatoms. The summed E-state index contributed by atoms with van der Waals surface area (Å²) in [6, 6.07) is 11.9. The SMILES string of the molecule is O=C(CC(c1ccc2c(c1)OCO2)c1c(O)nc2ccccn2c1=O)NCCNc1ncccn1. The lowest BCUT2D eigenvalue weighted by Gasteiger charge is -2.19. The Kier molecular flexibility index (Phi) is 6.12. The molecule has 0 saturated carbocycles. The van der Waals surface area contributed by atoms with Crippen LogP contribution in [0, 0.1) is 0 Å². The normalized spacial score (nSPS) is 12.9. The highest BCUT2D eigenvalue weighted by molar-refractivity contribution is 5.78. The van der Waals surface area contributed by atoms with E-state index in [0.717, 1.165) is 0 Å². The zero-order chi connectivity index (χ0) is 24.2. The van der Waals surface area contributed by atoms with Gasteiger partial charge in [-0.05, 0) is 35.9 Å². The van der Waals surface area contributed by atoms with E-state index in [1.165, 1.54) is 4.40 Å². The number of fused-ring (bicyclic) bond motifs is 2. The minimum absolute atomic E-state index is 0.0264. The molecule has 11 nitrogen and oxygen atoms in total. The van der Waals surface area contributed by atoms with E-state index < -0.39 is 17.4 Å². The highest BCUT2D eigenvalue weighted by atomic mass is 16.7. The fourth-order valence-electron chi connectivity index (χ4n) is 3.94. The van der Waals surface area contributed by atoms with E-state index in [2.05, 4.69) is 25.6 Å². The molecule has 3 N–H and O–H groups in total. The number of hydrogen-bond acceptors (Lipinski definition) is 9. The van der Waals surface area contributed by atoms with Crippen molar-refractivity contribution >= 4 is 17.5 Å². The Balaban J connectivity index is 1.41. The Morgan fingerprint density at radius 3 is 2.77 bits per heavy atom. The van der Waals surface area contributed by atoms with Crippen molar-refractivity contribution in [2.24, 2.45) is 0 Å². The van der Waals surface area contributed by atoms with Crippen LogP contribution in [-0.2, 0) is 4.79 Å². The summed E-state index contributed by atoms with van der Waals surface area (Å²) < 4.78 is 12.2. The van der Waals surface area contributed by atoms with Gasteiger partial charge in [0.05, 0.1) is 5.56 Å². The number of nitrogens with one attached hydrogen (secondary N) is 2. The number of aromatic hydroxyl groups is 1. The molecule has 0 spiro atoms. The average Bonchev–Trinajstić information content (AvgIpc) is 3.35. The maximum atomic E-state index is 13.3. The molecule has 4 aromatic rings. The van der Waals surface area contributed by atoms with Crippen LogP contribution in [0.1, 0.15) is 23.5 Å². The Morgan fingerprint density at radius 1 is 1.09 bits per heavy atom. The number of carbonyl (C=O) groups excluding carboxylic acids is 1. The number of carbonyl (C=O) groups is 1. The van der Waals surface area contributed by atoms with Gasteiger partial charge in [0.25, 0.3) is 5.56 Å². The van der Waals surface area contributed by atoms with Crippen LogP contribution in [0.2, 0.25) is 0 Å². The minimum Gasteiger partial charge on any atom is -0.493 e. The molecule has 4 heterocycles. The maximum Gasteiger partial charge on any atom is 0.265 e. The van der Waals surface area contributed by atoms with Crippen molar-refractivity contribution < 1.29 is 19.4 Å². The topological polar surface area (TPSA) is 140 Å². The summed E-state index contributed by atoms with van der Waals surface area (Å²) in [5, 5.41) is 16.6. The van der Waals surface area contributed by atoms with Crippen LogP contribution in [-0.4, -0.2) is 50.2 Å². The lowest BCUT2D eigenvalue weighted by Crippen LogP contribution is -2.32. The Morgan fingerprint density at radius 2 is 1.91 bits per heavy atom. The van der Waals surface area contributed by atoms with E-state index >= 15 is 0 Å². The third kappa shape index (κ3) is 4.69. The zero-order valence-electron chi connectivity index (χ0n) is 18.5. The van der Waals surface area contributed by atoms with E-state index in [1.807, 2.05) is 0 Å². The number of amides is 1. The zero-order valence-corrected chi connectivity index (χ0v) is 18.5. The van der Waals surface area contributed by atoms with Crippen LogP contribution in [0.15, 0.2) is 65.8 Å². The second kappa shape index (κ2) is 9.67. The molecule has 5 rings (SSSR count). The van der Waals surface area contributed by atoms with Crippen LogP contribution in [0.3, 0.4) is 0 Å². The fraction of sp³-hybridized carbons (Fsp3) is 0.208. The molecular weight excluding hydrogens is 452 g/mol. The van der Waals surface area contributed by atoms with Gasteiger partial charge >= 0.3 is 0 Å². The average molecular weight is 474 g/mol. The third-order valence-corrected chi connectivity index (χ3v) is 5.58. The van der Waals surface area contributed by atoms with Crippen LogP contribution in [0.5, 0.6) is 17.4 Å². The van der Waals surface area contributed by atoms with E-state index in [9.17, 15) is 14.7 Å². The van der Waals surface area contributed by atoms with Gasteiger partial charge in [-0.2, -0.15) is 4.98 Å². The quantitative estimate of drug-likeness (QED) is 0.325. The number of rotatable bonds is 8. The van der Waals surface area contributed by atoms with Gasteiger partial charge in [0.15, 0.2) is 11.5 Å². The first kappa shape index (κ1) is 22.1. The van der Waals surface area contributed by atoms with E-state index in [0.29, 0.717) is 41.7 Å².